The fourth-order valence-electron chi connectivity index (χ4n) is 5.32. The summed E-state index contributed by atoms with van der Waals surface area (Å²) in [6, 6.07) is 13.7. The number of carbonyl (C=O) groups excluding carboxylic acids is 2. The van der Waals surface area contributed by atoms with Crippen LogP contribution in [0.3, 0.4) is 0 Å². The number of Topliss-reactive ketones (excluding diaryl/α,β-unsaturated/α-hetero) is 1. The fraction of sp³-hybridized carbons (Fsp3) is 0.321. The molecule has 0 bridgehead atoms. The van der Waals surface area contributed by atoms with E-state index in [0.29, 0.717) is 46.2 Å². The first-order valence-electron chi connectivity index (χ1n) is 11.7. The predicted octanol–water partition coefficient (Wildman–Crippen LogP) is 6.45. The second-order valence-corrected chi connectivity index (χ2v) is 10.7. The van der Waals surface area contributed by atoms with Crippen LogP contribution in [0.15, 0.2) is 59.8 Å². The van der Waals surface area contributed by atoms with Crippen molar-refractivity contribution in [3.63, 3.8) is 0 Å². The molecule has 1 aliphatic carbocycles. The topological polar surface area (TPSA) is 55.2 Å². The van der Waals surface area contributed by atoms with Crippen LogP contribution in [-0.4, -0.2) is 21.5 Å². The van der Waals surface area contributed by atoms with Gasteiger partial charge in [0, 0.05) is 41.3 Å². The highest BCUT2D eigenvalue weighted by molar-refractivity contribution is 6.31. The molecule has 5 nitrogen and oxygen atoms in total. The third kappa shape index (κ3) is 4.10. The van der Waals surface area contributed by atoms with Crippen LogP contribution in [0.5, 0.6) is 0 Å². The van der Waals surface area contributed by atoms with Crippen molar-refractivity contribution in [3.05, 3.63) is 87.6 Å². The van der Waals surface area contributed by atoms with E-state index < -0.39 is 5.92 Å². The lowest BCUT2D eigenvalue weighted by molar-refractivity contribution is -0.121. The highest BCUT2D eigenvalue weighted by atomic mass is 35.5. The Hall–Kier alpha value is -3.25. The number of amides is 1. The highest BCUT2D eigenvalue weighted by Crippen LogP contribution is 2.49. The number of halogens is 2. The standard InChI is InChI=1S/C28H27ClFN3O2/c1-16-5-9-20(10-6-16)33-27(29)25(17(2)31-33)21-13-24(35)32(19-11-7-18(30)8-12-19)22-14-28(3,4)15-23(34)26(21)22/h5-12,21H,13-15H2,1-4H3. The van der Waals surface area contributed by atoms with Crippen LogP contribution in [0.25, 0.3) is 5.69 Å². The zero-order valence-electron chi connectivity index (χ0n) is 20.2. The Labute approximate surface area is 209 Å². The zero-order chi connectivity index (χ0) is 25.1. The Morgan fingerprint density at radius 2 is 1.60 bits per heavy atom. The van der Waals surface area contributed by atoms with E-state index in [1.807, 2.05) is 52.0 Å². The summed E-state index contributed by atoms with van der Waals surface area (Å²) in [5.74, 6) is -0.996. The number of carbonyl (C=O) groups is 2. The molecule has 180 valence electrons. The van der Waals surface area contributed by atoms with E-state index in [9.17, 15) is 14.0 Å². The number of ketones is 1. The summed E-state index contributed by atoms with van der Waals surface area (Å²) in [6.45, 7) is 7.93. The van der Waals surface area contributed by atoms with Crippen LogP contribution in [0.1, 0.15) is 55.8 Å². The van der Waals surface area contributed by atoms with Crippen molar-refractivity contribution in [1.82, 2.24) is 9.78 Å². The molecule has 2 heterocycles. The smallest absolute Gasteiger partial charge is 0.232 e. The van der Waals surface area contributed by atoms with Crippen LogP contribution < -0.4 is 4.90 Å². The van der Waals surface area contributed by atoms with E-state index in [4.69, 9.17) is 11.6 Å². The summed E-state index contributed by atoms with van der Waals surface area (Å²) < 4.78 is 15.3. The summed E-state index contributed by atoms with van der Waals surface area (Å²) >= 11 is 6.89. The van der Waals surface area contributed by atoms with Crippen LogP contribution in [0.2, 0.25) is 5.15 Å². The van der Waals surface area contributed by atoms with Crippen molar-refractivity contribution < 1.29 is 14.0 Å². The Morgan fingerprint density at radius 3 is 2.26 bits per heavy atom. The van der Waals surface area contributed by atoms with Gasteiger partial charge >= 0.3 is 0 Å². The molecule has 1 atom stereocenters. The van der Waals surface area contributed by atoms with Gasteiger partial charge in [-0.1, -0.05) is 43.1 Å². The number of benzene rings is 2. The molecule has 0 saturated carbocycles. The first-order chi connectivity index (χ1) is 16.6. The number of nitrogens with zero attached hydrogens (tertiary/aromatic N) is 3. The van der Waals surface area contributed by atoms with E-state index in [1.165, 1.54) is 12.1 Å². The van der Waals surface area contributed by atoms with Gasteiger partial charge in [0.15, 0.2) is 5.78 Å². The van der Waals surface area contributed by atoms with Gasteiger partial charge in [-0.2, -0.15) is 5.10 Å². The first kappa shape index (κ1) is 23.5. The molecule has 0 N–H and O–H groups in total. The van der Waals surface area contributed by atoms with Gasteiger partial charge < -0.3 is 0 Å². The van der Waals surface area contributed by atoms with Crippen molar-refractivity contribution in [2.24, 2.45) is 5.41 Å². The van der Waals surface area contributed by atoms with E-state index in [0.717, 1.165) is 11.3 Å². The Balaban J connectivity index is 1.68. The van der Waals surface area contributed by atoms with Gasteiger partial charge in [-0.3, -0.25) is 14.5 Å². The molecule has 2 aromatic carbocycles. The largest absolute Gasteiger partial charge is 0.294 e. The molecule has 1 unspecified atom stereocenters. The van der Waals surface area contributed by atoms with Crippen molar-refractivity contribution in [1.29, 1.82) is 0 Å². The Kier molecular flexibility index (Phi) is 5.67. The van der Waals surface area contributed by atoms with Crippen molar-refractivity contribution in [2.45, 2.75) is 52.9 Å². The van der Waals surface area contributed by atoms with Gasteiger partial charge in [-0.15, -0.1) is 0 Å². The third-order valence-electron chi connectivity index (χ3n) is 6.90. The van der Waals surface area contributed by atoms with Crippen LogP contribution in [0.4, 0.5) is 10.1 Å². The van der Waals surface area contributed by atoms with Crippen molar-refractivity contribution >= 4 is 29.0 Å². The maximum Gasteiger partial charge on any atom is 0.232 e. The SMILES string of the molecule is Cc1ccc(-n2nc(C)c(C3CC(=O)N(c4ccc(F)cc4)C4=C3C(=O)CC(C)(C)C4)c2Cl)cc1. The van der Waals surface area contributed by atoms with Gasteiger partial charge in [0.05, 0.1) is 11.4 Å². The second-order valence-electron chi connectivity index (χ2n) is 10.3. The minimum Gasteiger partial charge on any atom is -0.294 e. The molecule has 1 aliphatic heterocycles. The average molecular weight is 492 g/mol. The van der Waals surface area contributed by atoms with Gasteiger partial charge in [0.25, 0.3) is 0 Å². The van der Waals surface area contributed by atoms with E-state index >= 15 is 0 Å². The van der Waals surface area contributed by atoms with Gasteiger partial charge in [0.1, 0.15) is 11.0 Å². The van der Waals surface area contributed by atoms with E-state index in [1.54, 1.807) is 21.7 Å². The summed E-state index contributed by atoms with van der Waals surface area (Å²) in [5, 5.41) is 5.08. The molecule has 0 radical (unpaired) electrons. The lowest BCUT2D eigenvalue weighted by Crippen LogP contribution is -2.43. The third-order valence-corrected chi connectivity index (χ3v) is 7.27. The molecule has 1 amide bonds. The lowest BCUT2D eigenvalue weighted by Gasteiger charge is -2.42. The minimum absolute atomic E-state index is 0.0133. The molecule has 0 saturated heterocycles. The monoisotopic (exact) mass is 491 g/mol. The van der Waals surface area contributed by atoms with Gasteiger partial charge in [0.2, 0.25) is 5.91 Å². The maximum absolute atomic E-state index is 13.6. The fourth-order valence-corrected chi connectivity index (χ4v) is 5.72. The maximum atomic E-state index is 13.6. The number of anilines is 1. The molecule has 3 aromatic rings. The molecule has 5 rings (SSSR count). The quantitative estimate of drug-likeness (QED) is 0.423. The van der Waals surface area contributed by atoms with E-state index in [2.05, 4.69) is 5.10 Å². The molecular weight excluding hydrogens is 465 g/mol. The lowest BCUT2D eigenvalue weighted by atomic mass is 9.69. The Bertz CT molecular complexity index is 1370. The predicted molar refractivity (Wildman–Crippen MR) is 134 cm³/mol. The van der Waals surface area contributed by atoms with Crippen molar-refractivity contribution in [2.75, 3.05) is 4.90 Å². The number of aromatic nitrogens is 2. The summed E-state index contributed by atoms with van der Waals surface area (Å²) in [5.41, 5.74) is 4.88. The first-order valence-corrected chi connectivity index (χ1v) is 12.1. The van der Waals surface area contributed by atoms with Crippen LogP contribution >= 0.6 is 11.6 Å². The molecule has 7 heteroatoms. The molecule has 0 fully saturated rings. The molecule has 2 aliphatic rings. The summed E-state index contributed by atoms with van der Waals surface area (Å²) in [6.07, 6.45) is 1.02. The van der Waals surface area contributed by atoms with Gasteiger partial charge in [-0.25, -0.2) is 9.07 Å². The second kappa shape index (κ2) is 8.45. The minimum atomic E-state index is -0.482. The molecular formula is C28H27ClFN3O2. The number of aryl methyl sites for hydroxylation is 2. The molecule has 0 spiro atoms. The normalized spacial score (nSPS) is 19.8. The summed E-state index contributed by atoms with van der Waals surface area (Å²) in [7, 11) is 0. The van der Waals surface area contributed by atoms with E-state index in [-0.39, 0.29) is 29.3 Å². The average Bonchev–Trinajstić information content (AvgIpc) is 3.07. The molecule has 35 heavy (non-hydrogen) atoms. The highest BCUT2D eigenvalue weighted by Gasteiger charge is 2.45. The van der Waals surface area contributed by atoms with Crippen molar-refractivity contribution in [3.8, 4) is 5.69 Å². The zero-order valence-corrected chi connectivity index (χ0v) is 21.0. The molecule has 1 aromatic heterocycles. The number of rotatable bonds is 3. The summed E-state index contributed by atoms with van der Waals surface area (Å²) in [4.78, 5) is 28.8. The number of hydrogen-bond acceptors (Lipinski definition) is 3. The number of hydrogen-bond donors (Lipinski definition) is 0. The Morgan fingerprint density at radius 1 is 0.971 bits per heavy atom. The van der Waals surface area contributed by atoms with Gasteiger partial charge in [-0.05, 0) is 62.1 Å². The number of allylic oxidation sites excluding steroid dienone is 2. The van der Waals surface area contributed by atoms with Crippen LogP contribution in [0, 0.1) is 25.1 Å². The van der Waals surface area contributed by atoms with Crippen LogP contribution in [-0.2, 0) is 9.59 Å².